The third kappa shape index (κ3) is 3.91. The van der Waals surface area contributed by atoms with Crippen molar-refractivity contribution < 1.29 is 0 Å². The Hall–Kier alpha value is -1.69. The average Bonchev–Trinajstić information content (AvgIpc) is 2.95. The summed E-state index contributed by atoms with van der Waals surface area (Å²) in [4.78, 5) is 15.9. The van der Waals surface area contributed by atoms with Crippen LogP contribution >= 0.6 is 11.3 Å². The van der Waals surface area contributed by atoms with E-state index in [4.69, 9.17) is 4.98 Å². The van der Waals surface area contributed by atoms with Crippen LogP contribution in [-0.2, 0) is 13.0 Å². The van der Waals surface area contributed by atoms with Gasteiger partial charge in [0.25, 0.3) is 0 Å². The van der Waals surface area contributed by atoms with E-state index in [1.165, 1.54) is 0 Å². The maximum absolute atomic E-state index is 4.74. The Morgan fingerprint density at radius 1 is 1.29 bits per heavy atom. The lowest BCUT2D eigenvalue weighted by Crippen LogP contribution is -2.21. The van der Waals surface area contributed by atoms with Crippen LogP contribution in [0.2, 0.25) is 0 Å². The maximum atomic E-state index is 4.74. The van der Waals surface area contributed by atoms with Gasteiger partial charge in [0.05, 0.1) is 17.7 Å². The van der Waals surface area contributed by atoms with Gasteiger partial charge in [-0.05, 0) is 20.3 Å². The Morgan fingerprint density at radius 2 is 2.10 bits per heavy atom. The predicted molar refractivity (Wildman–Crippen MR) is 89.1 cm³/mol. The standard InChI is InChI=1S/C15H23N5S/c1-5-7-13-18-14(16-6-2)11(3)15(19-13)20(4)8-12-9-21-10-17-12/h9-10H,5-8H2,1-4H3,(H,16,18,19). The Morgan fingerprint density at radius 3 is 2.71 bits per heavy atom. The molecule has 0 saturated heterocycles. The van der Waals surface area contributed by atoms with Crippen LogP contribution in [0.15, 0.2) is 10.9 Å². The van der Waals surface area contributed by atoms with Crippen molar-refractivity contribution in [1.29, 1.82) is 0 Å². The zero-order chi connectivity index (χ0) is 15.2. The molecule has 0 radical (unpaired) electrons. The third-order valence-electron chi connectivity index (χ3n) is 3.23. The molecular weight excluding hydrogens is 282 g/mol. The van der Waals surface area contributed by atoms with Crippen molar-refractivity contribution in [3.05, 3.63) is 28.0 Å². The summed E-state index contributed by atoms with van der Waals surface area (Å²) in [5, 5.41) is 5.41. The topological polar surface area (TPSA) is 53.9 Å². The van der Waals surface area contributed by atoms with Gasteiger partial charge in [0, 0.05) is 31.0 Å². The van der Waals surface area contributed by atoms with Crippen LogP contribution in [0, 0.1) is 6.92 Å². The number of anilines is 2. The highest BCUT2D eigenvalue weighted by molar-refractivity contribution is 7.07. The van der Waals surface area contributed by atoms with Gasteiger partial charge in [0.2, 0.25) is 0 Å². The molecule has 0 aliphatic heterocycles. The number of rotatable bonds is 7. The Labute approximate surface area is 130 Å². The molecule has 0 amide bonds. The van der Waals surface area contributed by atoms with Gasteiger partial charge in [0.15, 0.2) is 0 Å². The minimum absolute atomic E-state index is 0.762. The monoisotopic (exact) mass is 305 g/mol. The molecule has 0 aliphatic carbocycles. The minimum atomic E-state index is 0.762. The second-order valence-electron chi connectivity index (χ2n) is 5.05. The molecule has 21 heavy (non-hydrogen) atoms. The van der Waals surface area contributed by atoms with E-state index < -0.39 is 0 Å². The van der Waals surface area contributed by atoms with Crippen molar-refractivity contribution in [3.63, 3.8) is 0 Å². The number of hydrogen-bond donors (Lipinski definition) is 1. The van der Waals surface area contributed by atoms with E-state index in [-0.39, 0.29) is 0 Å². The second kappa shape index (κ2) is 7.36. The number of nitrogens with zero attached hydrogens (tertiary/aromatic N) is 4. The van der Waals surface area contributed by atoms with E-state index in [0.717, 1.165) is 54.6 Å². The lowest BCUT2D eigenvalue weighted by atomic mass is 10.2. The van der Waals surface area contributed by atoms with Gasteiger partial charge in [-0.2, -0.15) is 0 Å². The Kier molecular flexibility index (Phi) is 5.50. The fourth-order valence-corrected chi connectivity index (χ4v) is 2.78. The van der Waals surface area contributed by atoms with Gasteiger partial charge in [0.1, 0.15) is 17.5 Å². The number of aryl methyl sites for hydroxylation is 1. The molecule has 0 unspecified atom stereocenters. The third-order valence-corrected chi connectivity index (χ3v) is 3.86. The average molecular weight is 305 g/mol. The molecule has 2 rings (SSSR count). The van der Waals surface area contributed by atoms with Crippen molar-refractivity contribution in [2.75, 3.05) is 23.8 Å². The molecule has 0 spiro atoms. The minimum Gasteiger partial charge on any atom is -0.370 e. The zero-order valence-electron chi connectivity index (χ0n) is 13.2. The van der Waals surface area contributed by atoms with E-state index in [0.29, 0.717) is 0 Å². The van der Waals surface area contributed by atoms with Crippen LogP contribution in [0.3, 0.4) is 0 Å². The number of thiazole rings is 1. The van der Waals surface area contributed by atoms with Crippen LogP contribution in [0.1, 0.15) is 37.4 Å². The molecule has 0 atom stereocenters. The van der Waals surface area contributed by atoms with Gasteiger partial charge in [-0.15, -0.1) is 11.3 Å². The van der Waals surface area contributed by atoms with E-state index in [9.17, 15) is 0 Å². The molecule has 2 heterocycles. The SMILES string of the molecule is CCCc1nc(NCC)c(C)c(N(C)Cc2cscn2)n1. The van der Waals surface area contributed by atoms with Crippen LogP contribution in [0.4, 0.5) is 11.6 Å². The predicted octanol–water partition coefficient (Wildman–Crippen LogP) is 3.26. The fraction of sp³-hybridized carbons (Fsp3) is 0.533. The first-order valence-electron chi connectivity index (χ1n) is 7.35. The van der Waals surface area contributed by atoms with Crippen LogP contribution in [0.25, 0.3) is 0 Å². The maximum Gasteiger partial charge on any atom is 0.137 e. The second-order valence-corrected chi connectivity index (χ2v) is 5.77. The Balaban J connectivity index is 2.30. The molecule has 0 aliphatic rings. The summed E-state index contributed by atoms with van der Waals surface area (Å²) in [5.41, 5.74) is 4.03. The highest BCUT2D eigenvalue weighted by Gasteiger charge is 2.14. The first-order chi connectivity index (χ1) is 10.2. The Bertz CT molecular complexity index is 568. The summed E-state index contributed by atoms with van der Waals surface area (Å²) in [6, 6.07) is 0. The summed E-state index contributed by atoms with van der Waals surface area (Å²) in [6.07, 6.45) is 1.94. The number of hydrogen-bond acceptors (Lipinski definition) is 6. The summed E-state index contributed by atoms with van der Waals surface area (Å²) < 4.78 is 0. The highest BCUT2D eigenvalue weighted by atomic mass is 32.1. The van der Waals surface area contributed by atoms with E-state index in [1.807, 2.05) is 5.51 Å². The molecule has 0 bridgehead atoms. The van der Waals surface area contributed by atoms with Gasteiger partial charge >= 0.3 is 0 Å². The molecule has 6 heteroatoms. The molecule has 2 aromatic heterocycles. The van der Waals surface area contributed by atoms with Crippen molar-refractivity contribution in [2.45, 2.75) is 40.2 Å². The lowest BCUT2D eigenvalue weighted by molar-refractivity contribution is 0.801. The van der Waals surface area contributed by atoms with E-state index >= 15 is 0 Å². The number of nitrogens with one attached hydrogen (secondary N) is 1. The largest absolute Gasteiger partial charge is 0.370 e. The summed E-state index contributed by atoms with van der Waals surface area (Å²) >= 11 is 1.62. The fourth-order valence-electron chi connectivity index (χ4n) is 2.23. The molecule has 0 aromatic carbocycles. The zero-order valence-corrected chi connectivity index (χ0v) is 14.0. The van der Waals surface area contributed by atoms with Crippen molar-refractivity contribution in [3.8, 4) is 0 Å². The van der Waals surface area contributed by atoms with Crippen molar-refractivity contribution in [2.24, 2.45) is 0 Å². The van der Waals surface area contributed by atoms with E-state index in [1.54, 1.807) is 11.3 Å². The first kappa shape index (κ1) is 15.7. The van der Waals surface area contributed by atoms with Crippen LogP contribution in [0.5, 0.6) is 0 Å². The van der Waals surface area contributed by atoms with E-state index in [2.05, 4.69) is 53.4 Å². The van der Waals surface area contributed by atoms with Crippen LogP contribution in [-0.4, -0.2) is 28.5 Å². The van der Waals surface area contributed by atoms with Crippen molar-refractivity contribution >= 4 is 23.0 Å². The van der Waals surface area contributed by atoms with Crippen LogP contribution < -0.4 is 10.2 Å². The first-order valence-corrected chi connectivity index (χ1v) is 8.29. The highest BCUT2D eigenvalue weighted by Crippen LogP contribution is 2.24. The lowest BCUT2D eigenvalue weighted by Gasteiger charge is -2.21. The molecule has 2 aromatic rings. The molecular formula is C15H23N5S. The molecule has 0 saturated carbocycles. The normalized spacial score (nSPS) is 10.7. The van der Waals surface area contributed by atoms with Gasteiger partial charge in [-0.1, -0.05) is 6.92 Å². The molecule has 1 N–H and O–H groups in total. The summed E-state index contributed by atoms with van der Waals surface area (Å²) in [7, 11) is 2.06. The summed E-state index contributed by atoms with van der Waals surface area (Å²) in [6.45, 7) is 7.92. The quantitative estimate of drug-likeness (QED) is 0.851. The smallest absolute Gasteiger partial charge is 0.137 e. The van der Waals surface area contributed by atoms with Gasteiger partial charge in [-0.3, -0.25) is 0 Å². The van der Waals surface area contributed by atoms with Crippen molar-refractivity contribution in [1.82, 2.24) is 15.0 Å². The van der Waals surface area contributed by atoms with Gasteiger partial charge in [-0.25, -0.2) is 15.0 Å². The molecule has 5 nitrogen and oxygen atoms in total. The summed E-state index contributed by atoms with van der Waals surface area (Å²) in [5.74, 6) is 2.83. The number of aromatic nitrogens is 3. The molecule has 114 valence electrons. The van der Waals surface area contributed by atoms with Gasteiger partial charge < -0.3 is 10.2 Å². The molecule has 0 fully saturated rings.